The number of rotatable bonds is 3. The molecular weight excluding hydrogens is 304 g/mol. The molecule has 2 atom stereocenters. The Hall–Kier alpha value is -1.59. The Bertz CT molecular complexity index is 562. The van der Waals surface area contributed by atoms with E-state index in [2.05, 4.69) is 10.6 Å². The van der Waals surface area contributed by atoms with E-state index in [1.807, 2.05) is 6.92 Å². The van der Waals surface area contributed by atoms with Gasteiger partial charge in [-0.1, -0.05) is 30.5 Å². The van der Waals surface area contributed by atoms with Crippen LogP contribution in [-0.2, 0) is 9.59 Å². The van der Waals surface area contributed by atoms with Gasteiger partial charge >= 0.3 is 11.8 Å². The number of halogens is 1. The summed E-state index contributed by atoms with van der Waals surface area (Å²) in [5.74, 6) is -1.37. The molecule has 1 aliphatic rings. The van der Waals surface area contributed by atoms with Crippen LogP contribution in [0.3, 0.4) is 0 Å². The molecule has 120 valence electrons. The van der Waals surface area contributed by atoms with E-state index in [-0.39, 0.29) is 18.6 Å². The molecule has 2 amide bonds. The second-order valence-electron chi connectivity index (χ2n) is 5.73. The number of benzene rings is 1. The Morgan fingerprint density at radius 2 is 2.00 bits per heavy atom. The van der Waals surface area contributed by atoms with Crippen LogP contribution in [0.2, 0.25) is 5.02 Å². The second-order valence-corrected chi connectivity index (χ2v) is 6.13. The molecule has 1 aromatic rings. The minimum absolute atomic E-state index is 0.0271. The predicted octanol–water partition coefficient (Wildman–Crippen LogP) is 2.25. The van der Waals surface area contributed by atoms with Gasteiger partial charge in [-0.15, -0.1) is 0 Å². The molecule has 22 heavy (non-hydrogen) atoms. The summed E-state index contributed by atoms with van der Waals surface area (Å²) >= 11 is 5.99. The first-order valence-electron chi connectivity index (χ1n) is 7.50. The number of aryl methyl sites for hydroxylation is 1. The third kappa shape index (κ3) is 4.21. The number of hydrogen-bond donors (Lipinski definition) is 3. The Morgan fingerprint density at radius 1 is 1.27 bits per heavy atom. The van der Waals surface area contributed by atoms with Gasteiger partial charge in [-0.25, -0.2) is 0 Å². The maximum absolute atomic E-state index is 12.0. The third-order valence-corrected chi connectivity index (χ3v) is 4.50. The molecule has 3 N–H and O–H groups in total. The molecule has 0 aliphatic heterocycles. The first kappa shape index (κ1) is 16.8. The number of hydrogen-bond acceptors (Lipinski definition) is 3. The van der Waals surface area contributed by atoms with E-state index in [9.17, 15) is 14.7 Å². The summed E-state index contributed by atoms with van der Waals surface area (Å²) in [7, 11) is 0. The molecule has 0 heterocycles. The van der Waals surface area contributed by atoms with Crippen LogP contribution < -0.4 is 10.6 Å². The molecule has 5 nitrogen and oxygen atoms in total. The normalized spacial score (nSPS) is 21.2. The van der Waals surface area contributed by atoms with Crippen molar-refractivity contribution in [2.45, 2.75) is 38.6 Å². The fourth-order valence-corrected chi connectivity index (χ4v) is 2.89. The Morgan fingerprint density at radius 3 is 2.68 bits per heavy atom. The van der Waals surface area contributed by atoms with Crippen molar-refractivity contribution in [2.75, 3.05) is 11.9 Å². The molecule has 1 saturated carbocycles. The smallest absolute Gasteiger partial charge is 0.313 e. The van der Waals surface area contributed by atoms with Crippen molar-refractivity contribution in [3.63, 3.8) is 0 Å². The zero-order valence-electron chi connectivity index (χ0n) is 12.6. The minimum atomic E-state index is -0.720. The summed E-state index contributed by atoms with van der Waals surface area (Å²) in [5, 5.41) is 15.1. The average Bonchev–Trinajstić information content (AvgIpc) is 2.51. The average molecular weight is 325 g/mol. The van der Waals surface area contributed by atoms with Gasteiger partial charge in [0.2, 0.25) is 0 Å². The molecule has 0 bridgehead atoms. The Labute approximate surface area is 135 Å². The monoisotopic (exact) mass is 324 g/mol. The lowest BCUT2D eigenvalue weighted by Crippen LogP contribution is -2.47. The van der Waals surface area contributed by atoms with Gasteiger partial charge in [0.15, 0.2) is 0 Å². The molecule has 6 heteroatoms. The summed E-state index contributed by atoms with van der Waals surface area (Å²) in [6.45, 7) is 1.89. The van der Waals surface area contributed by atoms with E-state index >= 15 is 0 Å². The Balaban J connectivity index is 1.94. The zero-order chi connectivity index (χ0) is 16.1. The van der Waals surface area contributed by atoms with Crippen molar-refractivity contribution in [2.24, 2.45) is 5.92 Å². The number of carbonyl (C=O) groups is 2. The maximum atomic E-state index is 12.0. The molecular formula is C16H21ClN2O3. The van der Waals surface area contributed by atoms with E-state index in [1.165, 1.54) is 0 Å². The Kier molecular flexibility index (Phi) is 5.80. The van der Waals surface area contributed by atoms with Gasteiger partial charge in [0.25, 0.3) is 0 Å². The molecule has 0 saturated heterocycles. The standard InChI is InChI=1S/C16H21ClN2O3/c1-10-6-7-12(8-13(10)17)18-15(21)16(22)19-14-5-3-2-4-11(14)9-20/h6-8,11,14,20H,2-5,9H2,1H3,(H,18,21)(H,19,22). The number of anilines is 1. The summed E-state index contributed by atoms with van der Waals surface area (Å²) in [6.07, 6.45) is 3.71. The first-order chi connectivity index (χ1) is 10.5. The second kappa shape index (κ2) is 7.61. The number of carbonyl (C=O) groups excluding carboxylic acids is 2. The summed E-state index contributed by atoms with van der Waals surface area (Å²) in [6, 6.07) is 4.94. The van der Waals surface area contributed by atoms with Crippen LogP contribution in [0, 0.1) is 12.8 Å². The maximum Gasteiger partial charge on any atom is 0.313 e. The van der Waals surface area contributed by atoms with Gasteiger partial charge < -0.3 is 15.7 Å². The highest BCUT2D eigenvalue weighted by molar-refractivity contribution is 6.40. The number of aliphatic hydroxyl groups excluding tert-OH is 1. The highest BCUT2D eigenvalue weighted by Gasteiger charge is 2.27. The van der Waals surface area contributed by atoms with Crippen LogP contribution in [0.15, 0.2) is 18.2 Å². The lowest BCUT2D eigenvalue weighted by atomic mass is 9.85. The summed E-state index contributed by atoms with van der Waals surface area (Å²) in [5.41, 5.74) is 1.38. The van der Waals surface area contributed by atoms with E-state index < -0.39 is 11.8 Å². The van der Waals surface area contributed by atoms with Crippen LogP contribution in [-0.4, -0.2) is 29.6 Å². The number of amides is 2. The lowest BCUT2D eigenvalue weighted by Gasteiger charge is -2.30. The predicted molar refractivity (Wildman–Crippen MR) is 85.8 cm³/mol. The molecule has 0 aromatic heterocycles. The van der Waals surface area contributed by atoms with Crippen molar-refractivity contribution in [3.8, 4) is 0 Å². The van der Waals surface area contributed by atoms with Crippen molar-refractivity contribution in [3.05, 3.63) is 28.8 Å². The molecule has 1 aromatic carbocycles. The van der Waals surface area contributed by atoms with Crippen molar-refractivity contribution < 1.29 is 14.7 Å². The quantitative estimate of drug-likeness (QED) is 0.746. The summed E-state index contributed by atoms with van der Waals surface area (Å²) in [4.78, 5) is 23.9. The van der Waals surface area contributed by atoms with Crippen molar-refractivity contribution >= 4 is 29.1 Å². The fraction of sp³-hybridized carbons (Fsp3) is 0.500. The van der Waals surface area contributed by atoms with Crippen LogP contribution in [0.1, 0.15) is 31.2 Å². The van der Waals surface area contributed by atoms with Gasteiger partial charge in [-0.2, -0.15) is 0 Å². The molecule has 2 rings (SSSR count). The van der Waals surface area contributed by atoms with Crippen LogP contribution >= 0.6 is 11.6 Å². The topological polar surface area (TPSA) is 78.4 Å². The number of aliphatic hydroxyl groups is 1. The molecule has 0 spiro atoms. The highest BCUT2D eigenvalue weighted by Crippen LogP contribution is 2.24. The number of nitrogens with one attached hydrogen (secondary N) is 2. The van der Waals surface area contributed by atoms with Crippen molar-refractivity contribution in [1.29, 1.82) is 0 Å². The molecule has 1 fully saturated rings. The van der Waals surface area contributed by atoms with Crippen LogP contribution in [0.25, 0.3) is 0 Å². The highest BCUT2D eigenvalue weighted by atomic mass is 35.5. The first-order valence-corrected chi connectivity index (χ1v) is 7.88. The van der Waals surface area contributed by atoms with Gasteiger partial charge in [-0.05, 0) is 37.5 Å². The van der Waals surface area contributed by atoms with Crippen molar-refractivity contribution in [1.82, 2.24) is 5.32 Å². The third-order valence-electron chi connectivity index (χ3n) is 4.10. The van der Waals surface area contributed by atoms with E-state index in [4.69, 9.17) is 11.6 Å². The van der Waals surface area contributed by atoms with Crippen LogP contribution in [0.4, 0.5) is 5.69 Å². The minimum Gasteiger partial charge on any atom is -0.396 e. The SMILES string of the molecule is Cc1ccc(NC(=O)C(=O)NC2CCCCC2CO)cc1Cl. The van der Waals surface area contributed by atoms with Crippen LogP contribution in [0.5, 0.6) is 0 Å². The van der Waals surface area contributed by atoms with Gasteiger partial charge in [0, 0.05) is 29.3 Å². The van der Waals surface area contributed by atoms with E-state index in [0.29, 0.717) is 10.7 Å². The van der Waals surface area contributed by atoms with E-state index in [1.54, 1.807) is 18.2 Å². The zero-order valence-corrected chi connectivity index (χ0v) is 13.3. The molecule has 2 unspecified atom stereocenters. The lowest BCUT2D eigenvalue weighted by molar-refractivity contribution is -0.137. The largest absolute Gasteiger partial charge is 0.396 e. The summed E-state index contributed by atoms with van der Waals surface area (Å²) < 4.78 is 0. The molecule has 0 radical (unpaired) electrons. The van der Waals surface area contributed by atoms with Gasteiger partial charge in [0.1, 0.15) is 0 Å². The molecule has 1 aliphatic carbocycles. The van der Waals surface area contributed by atoms with Gasteiger partial charge in [-0.3, -0.25) is 9.59 Å². The fourth-order valence-electron chi connectivity index (χ4n) is 2.71. The van der Waals surface area contributed by atoms with Gasteiger partial charge in [0.05, 0.1) is 0 Å². The van der Waals surface area contributed by atoms with E-state index in [0.717, 1.165) is 31.2 Å².